The fourth-order valence-corrected chi connectivity index (χ4v) is 3.14. The quantitative estimate of drug-likeness (QED) is 0.620. The number of rotatable bonds is 2. The molecule has 0 aromatic heterocycles. The minimum Gasteiger partial charge on any atom is -0.483 e. The smallest absolute Gasteiger partial charge is 0.273 e. The van der Waals surface area contributed by atoms with Crippen molar-refractivity contribution in [3.8, 4) is 5.75 Å². The second kappa shape index (κ2) is 5.71. The third-order valence-electron chi connectivity index (χ3n) is 4.29. The van der Waals surface area contributed by atoms with Crippen molar-refractivity contribution in [1.82, 2.24) is 4.90 Å². The lowest BCUT2D eigenvalue weighted by atomic mass is 9.94. The van der Waals surface area contributed by atoms with Crippen LogP contribution in [0.5, 0.6) is 5.75 Å². The topological polar surface area (TPSA) is 72.7 Å². The van der Waals surface area contributed by atoms with Crippen molar-refractivity contribution in [3.63, 3.8) is 0 Å². The number of benzene rings is 1. The summed E-state index contributed by atoms with van der Waals surface area (Å²) in [6, 6.07) is 4.85. The Bertz CT molecular complexity index is 567. The third-order valence-corrected chi connectivity index (χ3v) is 4.29. The number of carbonyl (C=O) groups excluding carboxylic acids is 1. The molecule has 1 aromatic rings. The number of nitro groups is 1. The van der Waals surface area contributed by atoms with Gasteiger partial charge in [-0.15, -0.1) is 0 Å². The first-order valence-corrected chi connectivity index (χ1v) is 7.35. The number of nitrogens with zero attached hydrogens (tertiary/aromatic N) is 2. The summed E-state index contributed by atoms with van der Waals surface area (Å²) >= 11 is 0. The zero-order chi connectivity index (χ0) is 14.8. The lowest BCUT2D eigenvalue weighted by molar-refractivity contribution is -0.384. The average Bonchev–Trinajstić information content (AvgIpc) is 2.67. The van der Waals surface area contributed by atoms with E-state index in [-0.39, 0.29) is 24.2 Å². The van der Waals surface area contributed by atoms with Crippen LogP contribution in [0.4, 0.5) is 5.69 Å². The highest BCUT2D eigenvalue weighted by atomic mass is 16.6. The average molecular weight is 290 g/mol. The predicted molar refractivity (Wildman–Crippen MR) is 76.0 cm³/mol. The van der Waals surface area contributed by atoms with E-state index in [4.69, 9.17) is 4.74 Å². The van der Waals surface area contributed by atoms with Gasteiger partial charge in [0.1, 0.15) is 5.75 Å². The summed E-state index contributed by atoms with van der Waals surface area (Å²) in [7, 11) is 0. The van der Waals surface area contributed by atoms with Crippen LogP contribution in [0.15, 0.2) is 18.2 Å². The molecule has 0 saturated heterocycles. The van der Waals surface area contributed by atoms with E-state index in [0.717, 1.165) is 31.2 Å². The van der Waals surface area contributed by atoms with Gasteiger partial charge < -0.3 is 9.64 Å². The lowest BCUT2D eigenvalue weighted by Crippen LogP contribution is -2.41. The van der Waals surface area contributed by atoms with Gasteiger partial charge in [0.15, 0.2) is 6.61 Å². The van der Waals surface area contributed by atoms with Crippen molar-refractivity contribution in [3.05, 3.63) is 33.9 Å². The monoisotopic (exact) mass is 290 g/mol. The number of non-ortho nitro benzene ring substituents is 1. The molecule has 3 rings (SSSR count). The fourth-order valence-electron chi connectivity index (χ4n) is 3.14. The van der Waals surface area contributed by atoms with Crippen molar-refractivity contribution in [1.29, 1.82) is 0 Å². The van der Waals surface area contributed by atoms with Crippen LogP contribution in [0, 0.1) is 10.1 Å². The normalized spacial score (nSPS) is 19.6. The van der Waals surface area contributed by atoms with Crippen LogP contribution in [0.1, 0.15) is 37.7 Å². The second-order valence-electron chi connectivity index (χ2n) is 5.65. The van der Waals surface area contributed by atoms with Crippen LogP contribution in [0.2, 0.25) is 0 Å². The van der Waals surface area contributed by atoms with Gasteiger partial charge in [0.2, 0.25) is 0 Å². The van der Waals surface area contributed by atoms with Gasteiger partial charge in [-0.25, -0.2) is 0 Å². The number of nitro benzene ring substituents is 1. The highest BCUT2D eigenvalue weighted by Crippen LogP contribution is 2.31. The molecule has 1 aliphatic carbocycles. The van der Waals surface area contributed by atoms with Crippen LogP contribution in [-0.4, -0.2) is 28.4 Å². The molecule has 1 aromatic carbocycles. The Kier molecular flexibility index (Phi) is 3.77. The van der Waals surface area contributed by atoms with E-state index in [1.807, 2.05) is 4.90 Å². The van der Waals surface area contributed by atoms with Crippen molar-refractivity contribution >= 4 is 11.6 Å². The Labute approximate surface area is 122 Å². The van der Waals surface area contributed by atoms with E-state index in [2.05, 4.69) is 0 Å². The molecule has 2 aliphatic rings. The first-order chi connectivity index (χ1) is 10.1. The van der Waals surface area contributed by atoms with Gasteiger partial charge in [0.25, 0.3) is 11.6 Å². The highest BCUT2D eigenvalue weighted by molar-refractivity contribution is 5.79. The van der Waals surface area contributed by atoms with Gasteiger partial charge in [0.05, 0.1) is 11.0 Å². The number of carbonyl (C=O) groups is 1. The molecule has 112 valence electrons. The van der Waals surface area contributed by atoms with Gasteiger partial charge in [-0.05, 0) is 18.9 Å². The minimum absolute atomic E-state index is 0.00712. The largest absolute Gasteiger partial charge is 0.483 e. The molecule has 0 bridgehead atoms. The van der Waals surface area contributed by atoms with Crippen LogP contribution in [0.3, 0.4) is 0 Å². The zero-order valence-corrected chi connectivity index (χ0v) is 11.8. The van der Waals surface area contributed by atoms with E-state index < -0.39 is 4.92 Å². The minimum atomic E-state index is -0.449. The summed E-state index contributed by atoms with van der Waals surface area (Å²) in [6.07, 6.45) is 5.62. The molecular weight excluding hydrogens is 272 g/mol. The molecule has 0 atom stereocenters. The standard InChI is InChI=1S/C15H18N2O4/c18-15-10-21-14-8-13(17(19)20)7-6-11(14)9-16(15)12-4-2-1-3-5-12/h6-8,12H,1-5,9-10H2. The van der Waals surface area contributed by atoms with Crippen molar-refractivity contribution < 1.29 is 14.5 Å². The van der Waals surface area contributed by atoms with E-state index in [0.29, 0.717) is 12.3 Å². The zero-order valence-electron chi connectivity index (χ0n) is 11.8. The first-order valence-electron chi connectivity index (χ1n) is 7.35. The Morgan fingerprint density at radius 1 is 1.24 bits per heavy atom. The molecule has 1 saturated carbocycles. The summed E-state index contributed by atoms with van der Waals surface area (Å²) in [5.74, 6) is 0.427. The molecule has 0 N–H and O–H groups in total. The maximum Gasteiger partial charge on any atom is 0.273 e. The van der Waals surface area contributed by atoms with E-state index >= 15 is 0 Å². The Morgan fingerprint density at radius 2 is 2.00 bits per heavy atom. The summed E-state index contributed by atoms with van der Waals surface area (Å²) in [5, 5.41) is 10.8. The first kappa shape index (κ1) is 13.9. The second-order valence-corrected chi connectivity index (χ2v) is 5.65. The summed E-state index contributed by atoms with van der Waals surface area (Å²) in [6.45, 7) is 0.446. The number of fused-ring (bicyclic) bond motifs is 1. The molecule has 0 spiro atoms. The van der Waals surface area contributed by atoms with Crippen LogP contribution in [0.25, 0.3) is 0 Å². The summed E-state index contributed by atoms with van der Waals surface area (Å²) in [4.78, 5) is 24.5. The Hall–Kier alpha value is -2.11. The highest BCUT2D eigenvalue weighted by Gasteiger charge is 2.29. The Balaban J connectivity index is 1.86. The molecule has 6 heteroatoms. The maximum atomic E-state index is 12.3. The maximum absolute atomic E-state index is 12.3. The molecule has 1 heterocycles. The van der Waals surface area contributed by atoms with Crippen molar-refractivity contribution in [2.24, 2.45) is 0 Å². The van der Waals surface area contributed by atoms with Gasteiger partial charge in [-0.1, -0.05) is 19.3 Å². The molecule has 1 fully saturated rings. The molecule has 21 heavy (non-hydrogen) atoms. The van der Waals surface area contributed by atoms with Crippen molar-refractivity contribution in [2.75, 3.05) is 6.61 Å². The molecule has 6 nitrogen and oxygen atoms in total. The van der Waals surface area contributed by atoms with Gasteiger partial charge >= 0.3 is 0 Å². The fraction of sp³-hybridized carbons (Fsp3) is 0.533. The van der Waals surface area contributed by atoms with E-state index in [1.54, 1.807) is 6.07 Å². The van der Waals surface area contributed by atoms with Crippen LogP contribution in [-0.2, 0) is 11.3 Å². The molecule has 1 amide bonds. The number of ether oxygens (including phenoxy) is 1. The summed E-state index contributed by atoms with van der Waals surface area (Å²) < 4.78 is 5.48. The molecule has 1 aliphatic heterocycles. The molecular formula is C15H18N2O4. The lowest BCUT2D eigenvalue weighted by Gasteiger charge is -2.33. The number of hydrogen-bond acceptors (Lipinski definition) is 4. The third kappa shape index (κ3) is 2.84. The van der Waals surface area contributed by atoms with Gasteiger partial charge in [0, 0.05) is 24.2 Å². The molecule has 0 unspecified atom stereocenters. The van der Waals surface area contributed by atoms with E-state index in [1.165, 1.54) is 18.6 Å². The SMILES string of the molecule is O=C1COc2cc([N+](=O)[O-])ccc2CN1C1CCCCC1. The Morgan fingerprint density at radius 3 is 2.71 bits per heavy atom. The number of hydrogen-bond donors (Lipinski definition) is 0. The van der Waals surface area contributed by atoms with Crippen LogP contribution >= 0.6 is 0 Å². The predicted octanol–water partition coefficient (Wildman–Crippen LogP) is 2.65. The number of amides is 1. The molecule has 0 radical (unpaired) electrons. The van der Waals surface area contributed by atoms with Crippen LogP contribution < -0.4 is 4.74 Å². The van der Waals surface area contributed by atoms with Gasteiger partial charge in [-0.3, -0.25) is 14.9 Å². The summed E-state index contributed by atoms with van der Waals surface area (Å²) in [5.41, 5.74) is 0.837. The van der Waals surface area contributed by atoms with Gasteiger partial charge in [-0.2, -0.15) is 0 Å². The van der Waals surface area contributed by atoms with Crippen molar-refractivity contribution in [2.45, 2.75) is 44.7 Å². The van der Waals surface area contributed by atoms with E-state index in [9.17, 15) is 14.9 Å².